The SMILES string of the molecule is CCc1ccc(C(=O)c2ccco2)o1. The highest BCUT2D eigenvalue weighted by atomic mass is 16.4. The van der Waals surface area contributed by atoms with Crippen LogP contribution in [0.25, 0.3) is 0 Å². The van der Waals surface area contributed by atoms with Crippen LogP contribution in [0, 0.1) is 0 Å². The van der Waals surface area contributed by atoms with Crippen molar-refractivity contribution in [1.29, 1.82) is 0 Å². The van der Waals surface area contributed by atoms with Crippen LogP contribution in [0.15, 0.2) is 39.4 Å². The molecule has 0 saturated heterocycles. The van der Waals surface area contributed by atoms with Crippen LogP contribution in [0.1, 0.15) is 29.0 Å². The van der Waals surface area contributed by atoms with Gasteiger partial charge in [0.15, 0.2) is 11.5 Å². The molecule has 3 nitrogen and oxygen atoms in total. The molecule has 2 aromatic heterocycles. The zero-order chi connectivity index (χ0) is 9.97. The van der Waals surface area contributed by atoms with Crippen molar-refractivity contribution < 1.29 is 13.6 Å². The highest BCUT2D eigenvalue weighted by Gasteiger charge is 2.15. The average Bonchev–Trinajstić information content (AvgIpc) is 2.88. The lowest BCUT2D eigenvalue weighted by Gasteiger charge is -1.91. The van der Waals surface area contributed by atoms with Crippen LogP contribution in [0.3, 0.4) is 0 Å². The van der Waals surface area contributed by atoms with E-state index >= 15 is 0 Å². The Balaban J connectivity index is 2.28. The van der Waals surface area contributed by atoms with Gasteiger partial charge in [0.1, 0.15) is 5.76 Å². The summed E-state index contributed by atoms with van der Waals surface area (Å²) in [7, 11) is 0. The van der Waals surface area contributed by atoms with Gasteiger partial charge in [-0.2, -0.15) is 0 Å². The van der Waals surface area contributed by atoms with E-state index in [-0.39, 0.29) is 5.78 Å². The second-order valence-corrected chi connectivity index (χ2v) is 2.93. The van der Waals surface area contributed by atoms with Crippen molar-refractivity contribution in [3.8, 4) is 0 Å². The maximum atomic E-state index is 11.6. The number of furan rings is 2. The van der Waals surface area contributed by atoms with Gasteiger partial charge in [0.25, 0.3) is 5.78 Å². The van der Waals surface area contributed by atoms with Crippen LogP contribution in [0.5, 0.6) is 0 Å². The first kappa shape index (κ1) is 8.81. The van der Waals surface area contributed by atoms with Gasteiger partial charge in [-0.1, -0.05) is 6.92 Å². The number of hydrogen-bond acceptors (Lipinski definition) is 3. The van der Waals surface area contributed by atoms with E-state index in [1.165, 1.54) is 6.26 Å². The first-order chi connectivity index (χ1) is 6.81. The molecule has 0 spiro atoms. The van der Waals surface area contributed by atoms with E-state index in [1.807, 2.05) is 6.92 Å². The highest BCUT2D eigenvalue weighted by Crippen LogP contribution is 2.13. The van der Waals surface area contributed by atoms with Crippen LogP contribution in [0.2, 0.25) is 0 Å². The van der Waals surface area contributed by atoms with Crippen LogP contribution < -0.4 is 0 Å². The lowest BCUT2D eigenvalue weighted by Crippen LogP contribution is -1.96. The summed E-state index contributed by atoms with van der Waals surface area (Å²) in [5, 5.41) is 0. The Bertz CT molecular complexity index is 423. The molecule has 0 N–H and O–H groups in total. The normalized spacial score (nSPS) is 10.4. The first-order valence-corrected chi connectivity index (χ1v) is 4.48. The van der Waals surface area contributed by atoms with Gasteiger partial charge >= 0.3 is 0 Å². The molecule has 0 aromatic carbocycles. The third-order valence-electron chi connectivity index (χ3n) is 1.98. The Morgan fingerprint density at radius 2 is 2.14 bits per heavy atom. The minimum atomic E-state index is -0.213. The predicted molar refractivity (Wildman–Crippen MR) is 50.2 cm³/mol. The Morgan fingerprint density at radius 3 is 2.71 bits per heavy atom. The third kappa shape index (κ3) is 1.48. The lowest BCUT2D eigenvalue weighted by molar-refractivity contribution is 0.0981. The topological polar surface area (TPSA) is 43.4 Å². The van der Waals surface area contributed by atoms with Crippen molar-refractivity contribution in [3.63, 3.8) is 0 Å². The molecule has 0 saturated carbocycles. The fraction of sp³-hybridized carbons (Fsp3) is 0.182. The molecule has 0 aliphatic carbocycles. The summed E-state index contributed by atoms with van der Waals surface area (Å²) in [6.45, 7) is 1.97. The van der Waals surface area contributed by atoms with Gasteiger partial charge in [-0.25, -0.2) is 0 Å². The monoisotopic (exact) mass is 190 g/mol. The second kappa shape index (κ2) is 3.54. The van der Waals surface area contributed by atoms with E-state index in [4.69, 9.17) is 8.83 Å². The van der Waals surface area contributed by atoms with Crippen LogP contribution >= 0.6 is 0 Å². The van der Waals surface area contributed by atoms with Crippen molar-refractivity contribution in [3.05, 3.63) is 47.8 Å². The zero-order valence-electron chi connectivity index (χ0n) is 7.82. The predicted octanol–water partition coefficient (Wildman–Crippen LogP) is 2.67. The van der Waals surface area contributed by atoms with Gasteiger partial charge in [0.05, 0.1) is 6.26 Å². The molecule has 0 aliphatic rings. The van der Waals surface area contributed by atoms with E-state index in [9.17, 15) is 4.79 Å². The summed E-state index contributed by atoms with van der Waals surface area (Å²) in [6.07, 6.45) is 2.25. The van der Waals surface area contributed by atoms with Crippen molar-refractivity contribution >= 4 is 5.78 Å². The van der Waals surface area contributed by atoms with E-state index in [0.717, 1.165) is 12.2 Å². The minimum Gasteiger partial charge on any atom is -0.461 e. The largest absolute Gasteiger partial charge is 0.461 e. The van der Waals surface area contributed by atoms with Gasteiger partial charge in [-0.05, 0) is 24.3 Å². The number of carbonyl (C=O) groups is 1. The Kier molecular flexibility index (Phi) is 2.23. The standard InChI is InChI=1S/C11H10O3/c1-2-8-5-6-10(14-8)11(12)9-4-3-7-13-9/h3-7H,2H2,1H3. The summed E-state index contributed by atoms with van der Waals surface area (Å²) in [4.78, 5) is 11.6. The second-order valence-electron chi connectivity index (χ2n) is 2.93. The maximum absolute atomic E-state index is 11.6. The summed E-state index contributed by atoms with van der Waals surface area (Å²) in [6, 6.07) is 6.77. The fourth-order valence-electron chi connectivity index (χ4n) is 1.22. The summed E-state index contributed by atoms with van der Waals surface area (Å²) in [5.74, 6) is 1.23. The van der Waals surface area contributed by atoms with E-state index in [0.29, 0.717) is 11.5 Å². The number of rotatable bonds is 3. The Labute approximate surface area is 81.3 Å². The quantitative estimate of drug-likeness (QED) is 0.699. The van der Waals surface area contributed by atoms with E-state index < -0.39 is 0 Å². The van der Waals surface area contributed by atoms with Gasteiger partial charge < -0.3 is 8.83 Å². The minimum absolute atomic E-state index is 0.213. The summed E-state index contributed by atoms with van der Waals surface area (Å²) < 4.78 is 10.3. The van der Waals surface area contributed by atoms with Crippen molar-refractivity contribution in [1.82, 2.24) is 0 Å². The van der Waals surface area contributed by atoms with Crippen LogP contribution in [-0.2, 0) is 6.42 Å². The van der Waals surface area contributed by atoms with Gasteiger partial charge in [0, 0.05) is 6.42 Å². The van der Waals surface area contributed by atoms with Crippen molar-refractivity contribution in [2.24, 2.45) is 0 Å². The molecule has 0 fully saturated rings. The van der Waals surface area contributed by atoms with Crippen molar-refractivity contribution in [2.75, 3.05) is 0 Å². The maximum Gasteiger partial charge on any atom is 0.263 e. The molecule has 0 atom stereocenters. The lowest BCUT2D eigenvalue weighted by atomic mass is 10.2. The molecule has 2 aromatic rings. The summed E-state index contributed by atoms with van der Waals surface area (Å²) >= 11 is 0. The molecule has 14 heavy (non-hydrogen) atoms. The highest BCUT2D eigenvalue weighted by molar-refractivity contribution is 6.05. The average molecular weight is 190 g/mol. The Morgan fingerprint density at radius 1 is 1.29 bits per heavy atom. The molecular weight excluding hydrogens is 180 g/mol. The number of carbonyl (C=O) groups excluding carboxylic acids is 1. The number of aryl methyl sites for hydroxylation is 1. The molecule has 72 valence electrons. The molecular formula is C11H10O3. The summed E-state index contributed by atoms with van der Waals surface area (Å²) in [5.41, 5.74) is 0. The van der Waals surface area contributed by atoms with Crippen molar-refractivity contribution in [2.45, 2.75) is 13.3 Å². The first-order valence-electron chi connectivity index (χ1n) is 4.48. The zero-order valence-corrected chi connectivity index (χ0v) is 7.82. The molecule has 0 aliphatic heterocycles. The number of hydrogen-bond donors (Lipinski definition) is 0. The molecule has 2 heterocycles. The molecule has 3 heteroatoms. The molecule has 0 amide bonds. The van der Waals surface area contributed by atoms with Crippen LogP contribution in [0.4, 0.5) is 0 Å². The smallest absolute Gasteiger partial charge is 0.263 e. The molecule has 0 unspecified atom stereocenters. The van der Waals surface area contributed by atoms with Gasteiger partial charge in [0.2, 0.25) is 0 Å². The molecule has 0 bridgehead atoms. The van der Waals surface area contributed by atoms with E-state index in [1.54, 1.807) is 24.3 Å². The number of ketones is 1. The third-order valence-corrected chi connectivity index (χ3v) is 1.98. The van der Waals surface area contributed by atoms with Gasteiger partial charge in [-0.15, -0.1) is 0 Å². The van der Waals surface area contributed by atoms with Crippen LogP contribution in [-0.4, -0.2) is 5.78 Å². The fourth-order valence-corrected chi connectivity index (χ4v) is 1.22. The molecule has 0 radical (unpaired) electrons. The van der Waals surface area contributed by atoms with Gasteiger partial charge in [-0.3, -0.25) is 4.79 Å². The molecule has 2 rings (SSSR count). The van der Waals surface area contributed by atoms with E-state index in [2.05, 4.69) is 0 Å². The Hall–Kier alpha value is -1.77.